The number of rotatable bonds is 4. The molecule has 2 aromatic rings. The normalized spacial score (nSPS) is 18.9. The summed E-state index contributed by atoms with van der Waals surface area (Å²) in [5.74, 6) is 4.35. The van der Waals surface area contributed by atoms with Gasteiger partial charge in [0.25, 0.3) is 0 Å². The molecule has 6 heteroatoms. The number of nitrogens with one attached hydrogen (secondary N) is 1. The van der Waals surface area contributed by atoms with E-state index < -0.39 is 0 Å². The highest BCUT2D eigenvalue weighted by molar-refractivity contribution is 7.99. The van der Waals surface area contributed by atoms with Crippen LogP contribution in [-0.2, 0) is 6.42 Å². The summed E-state index contributed by atoms with van der Waals surface area (Å²) in [6.45, 7) is 0.986. The van der Waals surface area contributed by atoms with Crippen LogP contribution in [0.3, 0.4) is 0 Å². The van der Waals surface area contributed by atoms with E-state index in [0.717, 1.165) is 29.4 Å². The molecule has 2 heterocycles. The zero-order chi connectivity index (χ0) is 13.8. The Bertz CT molecular complexity index is 567. The molecule has 1 aromatic heterocycles. The van der Waals surface area contributed by atoms with Gasteiger partial charge in [0, 0.05) is 30.0 Å². The summed E-state index contributed by atoms with van der Waals surface area (Å²) >= 11 is 1.91. The number of para-hydroxylation sites is 1. The highest BCUT2D eigenvalue weighted by atomic mass is 32.2. The Kier molecular flexibility index (Phi) is 4.22. The molecule has 0 aliphatic carbocycles. The molecule has 0 radical (unpaired) electrons. The lowest BCUT2D eigenvalue weighted by Crippen LogP contribution is -2.30. The standard InChI is InChI=1S/C14H17N3O2S/c1-18-12-5-3-2-4-10(12)8-13-16-14(19-17-13)11-9-20-7-6-15-11/h2-5,11,15H,6-9H2,1H3. The molecule has 1 unspecified atom stereocenters. The van der Waals surface area contributed by atoms with Crippen LogP contribution in [0.15, 0.2) is 28.8 Å². The van der Waals surface area contributed by atoms with Crippen molar-refractivity contribution in [3.8, 4) is 5.75 Å². The van der Waals surface area contributed by atoms with Crippen molar-refractivity contribution < 1.29 is 9.26 Å². The average Bonchev–Trinajstić information content (AvgIpc) is 2.97. The minimum absolute atomic E-state index is 0.174. The van der Waals surface area contributed by atoms with Crippen LogP contribution in [0.25, 0.3) is 0 Å². The van der Waals surface area contributed by atoms with E-state index in [1.807, 2.05) is 36.0 Å². The van der Waals surface area contributed by atoms with Gasteiger partial charge in [-0.25, -0.2) is 0 Å². The van der Waals surface area contributed by atoms with Gasteiger partial charge in [-0.15, -0.1) is 0 Å². The maximum absolute atomic E-state index is 5.37. The average molecular weight is 291 g/mol. The van der Waals surface area contributed by atoms with E-state index in [2.05, 4.69) is 15.5 Å². The predicted octanol–water partition coefficient (Wildman–Crippen LogP) is 2.05. The highest BCUT2D eigenvalue weighted by Crippen LogP contribution is 2.23. The molecule has 0 amide bonds. The minimum Gasteiger partial charge on any atom is -0.496 e. The SMILES string of the molecule is COc1ccccc1Cc1noc(C2CSCCN2)n1. The lowest BCUT2D eigenvalue weighted by atomic mass is 10.1. The Morgan fingerprint density at radius 2 is 2.35 bits per heavy atom. The Hall–Kier alpha value is -1.53. The van der Waals surface area contributed by atoms with E-state index >= 15 is 0 Å². The van der Waals surface area contributed by atoms with Crippen LogP contribution in [0, 0.1) is 0 Å². The fourth-order valence-corrected chi connectivity index (χ4v) is 3.15. The molecule has 5 nitrogen and oxygen atoms in total. The van der Waals surface area contributed by atoms with E-state index in [1.165, 1.54) is 0 Å². The van der Waals surface area contributed by atoms with Gasteiger partial charge in [-0.3, -0.25) is 0 Å². The minimum atomic E-state index is 0.174. The Morgan fingerprint density at radius 3 is 3.15 bits per heavy atom. The first-order valence-electron chi connectivity index (χ1n) is 6.62. The fraction of sp³-hybridized carbons (Fsp3) is 0.429. The van der Waals surface area contributed by atoms with Crippen LogP contribution < -0.4 is 10.1 Å². The summed E-state index contributed by atoms with van der Waals surface area (Å²) in [5, 5.41) is 7.46. The van der Waals surface area contributed by atoms with Crippen LogP contribution in [0.1, 0.15) is 23.3 Å². The first kappa shape index (κ1) is 13.5. The largest absolute Gasteiger partial charge is 0.496 e. The van der Waals surface area contributed by atoms with Crippen LogP contribution in [0.2, 0.25) is 0 Å². The number of ether oxygens (including phenoxy) is 1. The molecule has 106 valence electrons. The molecule has 1 aliphatic rings. The molecule has 0 saturated carbocycles. The summed E-state index contributed by atoms with van der Waals surface area (Å²) < 4.78 is 10.7. The van der Waals surface area contributed by atoms with Crippen LogP contribution in [0.5, 0.6) is 5.75 Å². The molecule has 1 atom stereocenters. The lowest BCUT2D eigenvalue weighted by molar-refractivity contribution is 0.339. The Morgan fingerprint density at radius 1 is 1.45 bits per heavy atom. The molecule has 1 fully saturated rings. The van der Waals surface area contributed by atoms with Crippen molar-refractivity contribution in [2.45, 2.75) is 12.5 Å². The topological polar surface area (TPSA) is 60.2 Å². The molecule has 3 rings (SSSR count). The Labute approximate surface area is 122 Å². The van der Waals surface area contributed by atoms with Crippen molar-refractivity contribution in [3.05, 3.63) is 41.5 Å². The van der Waals surface area contributed by atoms with E-state index in [-0.39, 0.29) is 6.04 Å². The van der Waals surface area contributed by atoms with E-state index in [1.54, 1.807) is 7.11 Å². The van der Waals surface area contributed by atoms with Gasteiger partial charge in [-0.1, -0.05) is 23.4 Å². The molecule has 0 spiro atoms. The number of aromatic nitrogens is 2. The van der Waals surface area contributed by atoms with Crippen molar-refractivity contribution in [1.29, 1.82) is 0 Å². The van der Waals surface area contributed by atoms with Crippen molar-refractivity contribution in [1.82, 2.24) is 15.5 Å². The molecule has 1 aliphatic heterocycles. The first-order chi connectivity index (χ1) is 9.86. The van der Waals surface area contributed by atoms with Crippen LogP contribution >= 0.6 is 11.8 Å². The van der Waals surface area contributed by atoms with E-state index in [9.17, 15) is 0 Å². The molecular weight excluding hydrogens is 274 g/mol. The van der Waals surface area contributed by atoms with Gasteiger partial charge in [0.1, 0.15) is 5.75 Å². The second kappa shape index (κ2) is 6.28. The number of hydrogen-bond donors (Lipinski definition) is 1. The summed E-state index contributed by atoms with van der Waals surface area (Å²) in [4.78, 5) is 4.50. The van der Waals surface area contributed by atoms with Gasteiger partial charge in [-0.05, 0) is 6.07 Å². The summed E-state index contributed by atoms with van der Waals surface area (Å²) in [5.41, 5.74) is 1.06. The van der Waals surface area contributed by atoms with Crippen molar-refractivity contribution >= 4 is 11.8 Å². The first-order valence-corrected chi connectivity index (χ1v) is 7.78. The van der Waals surface area contributed by atoms with Crippen LogP contribution in [-0.4, -0.2) is 35.3 Å². The number of benzene rings is 1. The van der Waals surface area contributed by atoms with Gasteiger partial charge in [0.05, 0.1) is 13.2 Å². The zero-order valence-electron chi connectivity index (χ0n) is 11.3. The third kappa shape index (κ3) is 2.96. The van der Waals surface area contributed by atoms with E-state index in [0.29, 0.717) is 18.1 Å². The second-order valence-electron chi connectivity index (χ2n) is 4.62. The summed E-state index contributed by atoms with van der Waals surface area (Å²) in [7, 11) is 1.67. The fourth-order valence-electron chi connectivity index (χ4n) is 2.22. The maximum Gasteiger partial charge on any atom is 0.244 e. The van der Waals surface area contributed by atoms with Crippen molar-refractivity contribution in [3.63, 3.8) is 0 Å². The molecule has 1 aromatic carbocycles. The van der Waals surface area contributed by atoms with Gasteiger partial charge in [0.2, 0.25) is 5.89 Å². The van der Waals surface area contributed by atoms with E-state index in [4.69, 9.17) is 9.26 Å². The second-order valence-corrected chi connectivity index (χ2v) is 5.77. The maximum atomic E-state index is 5.37. The third-order valence-corrected chi connectivity index (χ3v) is 4.31. The molecule has 1 N–H and O–H groups in total. The van der Waals surface area contributed by atoms with Gasteiger partial charge >= 0.3 is 0 Å². The molecule has 0 bridgehead atoms. The summed E-state index contributed by atoms with van der Waals surface area (Å²) in [6.07, 6.45) is 0.618. The monoisotopic (exact) mass is 291 g/mol. The molecular formula is C14H17N3O2S. The Balaban J connectivity index is 1.73. The van der Waals surface area contributed by atoms with Crippen molar-refractivity contribution in [2.75, 3.05) is 25.2 Å². The number of nitrogens with zero attached hydrogens (tertiary/aromatic N) is 2. The highest BCUT2D eigenvalue weighted by Gasteiger charge is 2.21. The van der Waals surface area contributed by atoms with Gasteiger partial charge < -0.3 is 14.6 Å². The van der Waals surface area contributed by atoms with Gasteiger partial charge in [-0.2, -0.15) is 16.7 Å². The number of hydrogen-bond acceptors (Lipinski definition) is 6. The smallest absolute Gasteiger partial charge is 0.244 e. The van der Waals surface area contributed by atoms with Gasteiger partial charge in [0.15, 0.2) is 5.82 Å². The van der Waals surface area contributed by atoms with Crippen LogP contribution in [0.4, 0.5) is 0 Å². The quantitative estimate of drug-likeness (QED) is 0.930. The molecule has 20 heavy (non-hydrogen) atoms. The molecule has 1 saturated heterocycles. The number of methoxy groups -OCH3 is 1. The predicted molar refractivity (Wildman–Crippen MR) is 78.2 cm³/mol. The summed E-state index contributed by atoms with van der Waals surface area (Å²) in [6, 6.07) is 8.07. The van der Waals surface area contributed by atoms with Crippen molar-refractivity contribution in [2.24, 2.45) is 0 Å². The zero-order valence-corrected chi connectivity index (χ0v) is 12.2. The number of thioether (sulfide) groups is 1. The third-order valence-electron chi connectivity index (χ3n) is 3.24. The lowest BCUT2D eigenvalue weighted by Gasteiger charge is -2.19.